The maximum atomic E-state index is 13.2. The number of sulfonamides is 1. The van der Waals surface area contributed by atoms with Crippen molar-refractivity contribution in [3.05, 3.63) is 42.0 Å². The van der Waals surface area contributed by atoms with Crippen LogP contribution >= 0.6 is 0 Å². The zero-order valence-electron chi connectivity index (χ0n) is 18.0. The van der Waals surface area contributed by atoms with Crippen molar-refractivity contribution >= 4 is 21.6 Å². The first kappa shape index (κ1) is 22.9. The second-order valence-electron chi connectivity index (χ2n) is 7.08. The first-order valence-electron chi connectivity index (χ1n) is 10.2. The lowest BCUT2D eigenvalue weighted by atomic mass is 10.2. The molecule has 1 heterocycles. The van der Waals surface area contributed by atoms with Crippen LogP contribution in [0.25, 0.3) is 0 Å². The maximum absolute atomic E-state index is 13.2. The largest absolute Gasteiger partial charge is 0.493 e. The van der Waals surface area contributed by atoms with E-state index in [2.05, 4.69) is 5.32 Å². The number of carbonyl (C=O) groups excluding carboxylic acids is 1. The van der Waals surface area contributed by atoms with Gasteiger partial charge in [-0.05, 0) is 56.2 Å². The molecule has 0 radical (unpaired) electrons. The van der Waals surface area contributed by atoms with Gasteiger partial charge in [0.05, 0.1) is 20.8 Å². The fraction of sp³-hybridized carbons (Fsp3) is 0.409. The van der Waals surface area contributed by atoms with Gasteiger partial charge in [-0.2, -0.15) is 4.31 Å². The molecule has 168 valence electrons. The quantitative estimate of drug-likeness (QED) is 0.664. The molecule has 1 N–H and O–H groups in total. The summed E-state index contributed by atoms with van der Waals surface area (Å²) < 4.78 is 44.0. The summed E-state index contributed by atoms with van der Waals surface area (Å²) in [6.07, 6.45) is 2.68. The topological polar surface area (TPSA) is 94.2 Å². The minimum Gasteiger partial charge on any atom is -0.493 e. The normalized spacial score (nSPS) is 14.7. The van der Waals surface area contributed by atoms with Crippen LogP contribution in [0.4, 0.5) is 5.69 Å². The zero-order valence-corrected chi connectivity index (χ0v) is 18.8. The number of ether oxygens (including phenoxy) is 3. The number of carbonyl (C=O) groups is 1. The minimum absolute atomic E-state index is 0.0568. The summed E-state index contributed by atoms with van der Waals surface area (Å²) >= 11 is 0. The third-order valence-corrected chi connectivity index (χ3v) is 7.00. The highest BCUT2D eigenvalue weighted by Crippen LogP contribution is 2.32. The van der Waals surface area contributed by atoms with Crippen LogP contribution in [0.15, 0.2) is 41.3 Å². The van der Waals surface area contributed by atoms with E-state index in [-0.39, 0.29) is 10.6 Å². The summed E-state index contributed by atoms with van der Waals surface area (Å²) in [4.78, 5) is 12.8. The van der Waals surface area contributed by atoms with Crippen molar-refractivity contribution in [1.82, 2.24) is 4.31 Å². The molecule has 2 aromatic carbocycles. The van der Waals surface area contributed by atoms with Gasteiger partial charge >= 0.3 is 0 Å². The summed E-state index contributed by atoms with van der Waals surface area (Å²) in [6.45, 7) is 3.09. The van der Waals surface area contributed by atoms with Gasteiger partial charge in [-0.25, -0.2) is 8.42 Å². The van der Waals surface area contributed by atoms with Crippen LogP contribution in [0.1, 0.15) is 36.5 Å². The fourth-order valence-electron chi connectivity index (χ4n) is 3.49. The van der Waals surface area contributed by atoms with Crippen LogP contribution in [0.3, 0.4) is 0 Å². The van der Waals surface area contributed by atoms with Crippen molar-refractivity contribution in [2.24, 2.45) is 0 Å². The summed E-state index contributed by atoms with van der Waals surface area (Å²) in [5, 5.41) is 2.76. The van der Waals surface area contributed by atoms with Gasteiger partial charge in [0.15, 0.2) is 11.5 Å². The molecule has 2 aromatic rings. The number of rotatable bonds is 8. The standard InChI is InChI=1S/C22H28N2O6S/c1-4-30-19-11-9-17(15-21(19)31(26,27)24-12-6-5-7-13-24)23-22(25)16-8-10-18(28-2)20(14-16)29-3/h8-11,14-15H,4-7,12-13H2,1-3H3,(H,23,25). The molecule has 1 aliphatic rings. The van der Waals surface area contributed by atoms with E-state index in [9.17, 15) is 13.2 Å². The number of nitrogens with zero attached hydrogens (tertiary/aromatic N) is 1. The molecule has 1 saturated heterocycles. The fourth-order valence-corrected chi connectivity index (χ4v) is 5.16. The highest BCUT2D eigenvalue weighted by Gasteiger charge is 2.29. The molecule has 0 saturated carbocycles. The van der Waals surface area contributed by atoms with Crippen LogP contribution in [0, 0.1) is 0 Å². The molecule has 3 rings (SSSR count). The van der Waals surface area contributed by atoms with Crippen LogP contribution in [-0.2, 0) is 10.0 Å². The number of piperidine rings is 1. The first-order chi connectivity index (χ1) is 14.9. The Labute approximate surface area is 183 Å². The number of methoxy groups -OCH3 is 2. The maximum Gasteiger partial charge on any atom is 0.255 e. The average molecular weight is 449 g/mol. The van der Waals surface area contributed by atoms with E-state index >= 15 is 0 Å². The first-order valence-corrected chi connectivity index (χ1v) is 11.6. The van der Waals surface area contributed by atoms with Crippen LogP contribution < -0.4 is 19.5 Å². The minimum atomic E-state index is -3.74. The van der Waals surface area contributed by atoms with Crippen molar-refractivity contribution < 1.29 is 27.4 Å². The third kappa shape index (κ3) is 5.11. The van der Waals surface area contributed by atoms with Crippen LogP contribution in [-0.4, -0.2) is 52.5 Å². The van der Waals surface area contributed by atoms with Gasteiger partial charge in [0, 0.05) is 24.3 Å². The molecule has 0 atom stereocenters. The summed E-state index contributed by atoms with van der Waals surface area (Å²) in [5.41, 5.74) is 0.714. The molecule has 0 aliphatic carbocycles. The summed E-state index contributed by atoms with van der Waals surface area (Å²) in [7, 11) is -0.731. The van der Waals surface area contributed by atoms with Crippen molar-refractivity contribution in [3.8, 4) is 17.2 Å². The highest BCUT2D eigenvalue weighted by atomic mass is 32.2. The SMILES string of the molecule is CCOc1ccc(NC(=O)c2ccc(OC)c(OC)c2)cc1S(=O)(=O)N1CCCCC1. The molecule has 1 amide bonds. The van der Waals surface area contributed by atoms with E-state index in [1.807, 2.05) is 0 Å². The van der Waals surface area contributed by atoms with Crippen molar-refractivity contribution in [2.75, 3.05) is 39.2 Å². The highest BCUT2D eigenvalue weighted by molar-refractivity contribution is 7.89. The third-order valence-electron chi connectivity index (χ3n) is 5.08. The molecule has 9 heteroatoms. The summed E-state index contributed by atoms with van der Waals surface area (Å²) in [6, 6.07) is 9.46. The van der Waals surface area contributed by atoms with E-state index < -0.39 is 15.9 Å². The molecule has 8 nitrogen and oxygen atoms in total. The molecule has 1 fully saturated rings. The summed E-state index contributed by atoms with van der Waals surface area (Å²) in [5.74, 6) is 0.814. The van der Waals surface area contributed by atoms with Crippen molar-refractivity contribution in [3.63, 3.8) is 0 Å². The Morgan fingerprint density at radius 2 is 1.65 bits per heavy atom. The Hall–Kier alpha value is -2.78. The van der Waals surface area contributed by atoms with E-state index in [1.165, 1.54) is 24.6 Å². The average Bonchev–Trinajstić information content (AvgIpc) is 2.80. The molecular weight excluding hydrogens is 420 g/mol. The molecule has 0 unspecified atom stereocenters. The van der Waals surface area contributed by atoms with E-state index in [4.69, 9.17) is 14.2 Å². The second-order valence-corrected chi connectivity index (χ2v) is 8.99. The van der Waals surface area contributed by atoms with Gasteiger partial charge in [-0.3, -0.25) is 4.79 Å². The smallest absolute Gasteiger partial charge is 0.255 e. The van der Waals surface area contributed by atoms with Gasteiger partial charge in [-0.15, -0.1) is 0 Å². The zero-order chi connectivity index (χ0) is 22.4. The molecule has 31 heavy (non-hydrogen) atoms. The van der Waals surface area contributed by atoms with Crippen molar-refractivity contribution in [1.29, 1.82) is 0 Å². The number of benzene rings is 2. The molecule has 1 aliphatic heterocycles. The molecule has 0 aromatic heterocycles. The predicted octanol–water partition coefficient (Wildman–Crippen LogP) is 3.53. The van der Waals surface area contributed by atoms with Gasteiger partial charge in [0.25, 0.3) is 5.91 Å². The van der Waals surface area contributed by atoms with E-state index in [0.717, 1.165) is 19.3 Å². The number of amides is 1. The Balaban J connectivity index is 1.90. The number of anilines is 1. The van der Waals surface area contributed by atoms with Crippen molar-refractivity contribution in [2.45, 2.75) is 31.1 Å². The van der Waals surface area contributed by atoms with Gasteiger partial charge in [0.1, 0.15) is 10.6 Å². The Kier molecular flexibility index (Phi) is 7.40. The lowest BCUT2D eigenvalue weighted by molar-refractivity contribution is 0.102. The number of hydrogen-bond acceptors (Lipinski definition) is 6. The lowest BCUT2D eigenvalue weighted by Crippen LogP contribution is -2.35. The van der Waals surface area contributed by atoms with Gasteiger partial charge in [-0.1, -0.05) is 6.42 Å². The molecule has 0 spiro atoms. The predicted molar refractivity (Wildman–Crippen MR) is 118 cm³/mol. The Morgan fingerprint density at radius 1 is 0.968 bits per heavy atom. The Bertz CT molecular complexity index is 1030. The molecule has 0 bridgehead atoms. The molecular formula is C22H28N2O6S. The van der Waals surface area contributed by atoms with Crippen LogP contribution in [0.5, 0.6) is 17.2 Å². The van der Waals surface area contributed by atoms with Gasteiger partial charge in [0.2, 0.25) is 10.0 Å². The van der Waals surface area contributed by atoms with Crippen LogP contribution in [0.2, 0.25) is 0 Å². The number of nitrogens with one attached hydrogen (secondary N) is 1. The second kappa shape index (κ2) is 10.0. The monoisotopic (exact) mass is 448 g/mol. The van der Waals surface area contributed by atoms with Gasteiger partial charge < -0.3 is 19.5 Å². The number of hydrogen-bond donors (Lipinski definition) is 1. The Morgan fingerprint density at radius 3 is 2.29 bits per heavy atom. The van der Waals surface area contributed by atoms with E-state index in [1.54, 1.807) is 37.3 Å². The lowest BCUT2D eigenvalue weighted by Gasteiger charge is -2.27. The van der Waals surface area contributed by atoms with E-state index in [0.29, 0.717) is 42.4 Å².